The number of rotatable bonds is 1. The smallest absolute Gasteiger partial charge is 0.0499 e. The summed E-state index contributed by atoms with van der Waals surface area (Å²) in [5.74, 6) is 0. The summed E-state index contributed by atoms with van der Waals surface area (Å²) < 4.78 is 2.52. The molecular formula is C22H13ClS. The van der Waals surface area contributed by atoms with E-state index in [1.807, 2.05) is 12.1 Å². The van der Waals surface area contributed by atoms with E-state index >= 15 is 0 Å². The Kier molecular flexibility index (Phi) is 3.12. The van der Waals surface area contributed by atoms with Crippen molar-refractivity contribution in [3.05, 3.63) is 83.9 Å². The molecule has 2 heteroatoms. The Morgan fingerprint density at radius 3 is 2.17 bits per heavy atom. The van der Waals surface area contributed by atoms with Crippen LogP contribution in [0.1, 0.15) is 0 Å². The molecule has 0 amide bonds. The van der Waals surface area contributed by atoms with E-state index in [0.29, 0.717) is 0 Å². The lowest BCUT2D eigenvalue weighted by Gasteiger charge is -2.09. The number of fused-ring (bicyclic) bond motifs is 4. The summed E-state index contributed by atoms with van der Waals surface area (Å²) in [7, 11) is 0. The first-order chi connectivity index (χ1) is 11.8. The Morgan fingerprint density at radius 2 is 1.25 bits per heavy atom. The van der Waals surface area contributed by atoms with Crippen molar-refractivity contribution < 1.29 is 0 Å². The quantitative estimate of drug-likeness (QED) is 0.295. The van der Waals surface area contributed by atoms with Crippen molar-refractivity contribution in [2.24, 2.45) is 0 Å². The zero-order chi connectivity index (χ0) is 16.1. The van der Waals surface area contributed by atoms with Gasteiger partial charge in [-0.05, 0) is 40.1 Å². The highest BCUT2D eigenvalue weighted by atomic mass is 35.5. The first-order valence-electron chi connectivity index (χ1n) is 7.91. The Hall–Kier alpha value is -2.35. The van der Waals surface area contributed by atoms with Gasteiger partial charge in [-0.15, -0.1) is 11.3 Å². The number of thiophene rings is 1. The molecule has 5 rings (SSSR count). The van der Waals surface area contributed by atoms with Crippen LogP contribution in [-0.2, 0) is 0 Å². The number of hydrogen-bond acceptors (Lipinski definition) is 1. The second-order valence-electron chi connectivity index (χ2n) is 5.92. The SMILES string of the molecule is Clc1cccc2sc3cccc(-c4cccc5ccccc45)c3c12. The maximum atomic E-state index is 6.56. The summed E-state index contributed by atoms with van der Waals surface area (Å²) in [5.41, 5.74) is 2.52. The lowest BCUT2D eigenvalue weighted by Crippen LogP contribution is -1.82. The summed E-state index contributed by atoms with van der Waals surface area (Å²) >= 11 is 8.37. The van der Waals surface area contributed by atoms with Gasteiger partial charge < -0.3 is 0 Å². The minimum absolute atomic E-state index is 0.825. The van der Waals surface area contributed by atoms with Gasteiger partial charge in [-0.2, -0.15) is 0 Å². The molecule has 5 aromatic rings. The fourth-order valence-corrected chi connectivity index (χ4v) is 4.99. The third-order valence-electron chi connectivity index (χ3n) is 4.55. The van der Waals surface area contributed by atoms with Gasteiger partial charge in [0, 0.05) is 25.2 Å². The van der Waals surface area contributed by atoms with Gasteiger partial charge in [0.2, 0.25) is 0 Å². The topological polar surface area (TPSA) is 0 Å². The van der Waals surface area contributed by atoms with Crippen molar-refractivity contribution >= 4 is 53.9 Å². The van der Waals surface area contributed by atoms with E-state index in [2.05, 4.69) is 66.7 Å². The van der Waals surface area contributed by atoms with E-state index in [0.717, 1.165) is 5.02 Å². The second-order valence-corrected chi connectivity index (χ2v) is 7.41. The van der Waals surface area contributed by atoms with Crippen LogP contribution in [0, 0.1) is 0 Å². The van der Waals surface area contributed by atoms with Crippen molar-refractivity contribution in [1.29, 1.82) is 0 Å². The van der Waals surface area contributed by atoms with Crippen molar-refractivity contribution in [2.45, 2.75) is 0 Å². The van der Waals surface area contributed by atoms with E-state index in [1.165, 1.54) is 42.1 Å². The minimum Gasteiger partial charge on any atom is -0.135 e. The van der Waals surface area contributed by atoms with Gasteiger partial charge >= 0.3 is 0 Å². The highest BCUT2D eigenvalue weighted by Gasteiger charge is 2.14. The van der Waals surface area contributed by atoms with Gasteiger partial charge in [0.05, 0.1) is 0 Å². The summed E-state index contributed by atoms with van der Waals surface area (Å²) in [6.07, 6.45) is 0. The molecule has 0 saturated heterocycles. The van der Waals surface area contributed by atoms with Gasteiger partial charge in [0.1, 0.15) is 0 Å². The summed E-state index contributed by atoms with van der Waals surface area (Å²) in [6.45, 7) is 0. The van der Waals surface area contributed by atoms with Gasteiger partial charge in [-0.3, -0.25) is 0 Å². The summed E-state index contributed by atoms with van der Waals surface area (Å²) in [6, 6.07) is 27.7. The Morgan fingerprint density at radius 1 is 0.583 bits per heavy atom. The molecule has 1 heterocycles. The van der Waals surface area contributed by atoms with Crippen molar-refractivity contribution in [3.63, 3.8) is 0 Å². The molecule has 4 aromatic carbocycles. The third kappa shape index (κ3) is 1.99. The van der Waals surface area contributed by atoms with Crippen LogP contribution in [0.4, 0.5) is 0 Å². The van der Waals surface area contributed by atoms with Crippen molar-refractivity contribution in [1.82, 2.24) is 0 Å². The normalized spacial score (nSPS) is 11.5. The van der Waals surface area contributed by atoms with E-state index in [-0.39, 0.29) is 0 Å². The van der Waals surface area contributed by atoms with Crippen LogP contribution >= 0.6 is 22.9 Å². The molecule has 0 fully saturated rings. The van der Waals surface area contributed by atoms with E-state index in [1.54, 1.807) is 11.3 Å². The monoisotopic (exact) mass is 344 g/mol. The summed E-state index contributed by atoms with van der Waals surface area (Å²) in [4.78, 5) is 0. The van der Waals surface area contributed by atoms with Crippen LogP contribution in [-0.4, -0.2) is 0 Å². The van der Waals surface area contributed by atoms with Crippen LogP contribution in [0.3, 0.4) is 0 Å². The molecule has 0 atom stereocenters. The van der Waals surface area contributed by atoms with E-state index in [9.17, 15) is 0 Å². The maximum absolute atomic E-state index is 6.56. The molecule has 114 valence electrons. The highest BCUT2D eigenvalue weighted by Crippen LogP contribution is 2.43. The average Bonchev–Trinajstić information content (AvgIpc) is 3.01. The van der Waals surface area contributed by atoms with Gasteiger partial charge in [-0.25, -0.2) is 0 Å². The molecule has 1 aromatic heterocycles. The zero-order valence-corrected chi connectivity index (χ0v) is 14.4. The molecule has 0 spiro atoms. The van der Waals surface area contributed by atoms with Gasteiger partial charge in [0.15, 0.2) is 0 Å². The second kappa shape index (κ2) is 5.34. The lowest BCUT2D eigenvalue weighted by atomic mass is 9.95. The van der Waals surface area contributed by atoms with Gasteiger partial charge in [-0.1, -0.05) is 72.3 Å². The third-order valence-corrected chi connectivity index (χ3v) is 5.99. The van der Waals surface area contributed by atoms with E-state index < -0.39 is 0 Å². The maximum Gasteiger partial charge on any atom is 0.0499 e. The molecule has 24 heavy (non-hydrogen) atoms. The van der Waals surface area contributed by atoms with Crippen molar-refractivity contribution in [2.75, 3.05) is 0 Å². The number of halogens is 1. The first kappa shape index (κ1) is 14.0. The lowest BCUT2D eigenvalue weighted by molar-refractivity contribution is 1.71. The molecule has 0 N–H and O–H groups in total. The predicted molar refractivity (Wildman–Crippen MR) is 107 cm³/mol. The van der Waals surface area contributed by atoms with Crippen LogP contribution in [0.5, 0.6) is 0 Å². The number of hydrogen-bond donors (Lipinski definition) is 0. The Balaban J connectivity index is 1.98. The molecule has 0 unspecified atom stereocenters. The molecule has 0 radical (unpaired) electrons. The van der Waals surface area contributed by atoms with Crippen molar-refractivity contribution in [3.8, 4) is 11.1 Å². The van der Waals surface area contributed by atoms with Crippen LogP contribution in [0.15, 0.2) is 78.9 Å². The van der Waals surface area contributed by atoms with Crippen LogP contribution in [0.25, 0.3) is 42.1 Å². The number of benzene rings is 4. The fraction of sp³-hybridized carbons (Fsp3) is 0. The van der Waals surface area contributed by atoms with Crippen LogP contribution in [0.2, 0.25) is 5.02 Å². The summed E-state index contributed by atoms with van der Waals surface area (Å²) in [5, 5.41) is 5.80. The molecule has 0 nitrogen and oxygen atoms in total. The Labute approximate surface area is 148 Å². The standard InChI is InChI=1S/C22H13ClS/c23-18-11-5-13-20-22(18)21-17(10-4-12-19(21)24-20)16-9-3-7-14-6-1-2-8-15(14)16/h1-13H. The van der Waals surface area contributed by atoms with E-state index in [4.69, 9.17) is 11.6 Å². The predicted octanol–water partition coefficient (Wildman–Crippen LogP) is 7.53. The highest BCUT2D eigenvalue weighted by molar-refractivity contribution is 7.26. The van der Waals surface area contributed by atoms with Crippen LogP contribution < -0.4 is 0 Å². The first-order valence-corrected chi connectivity index (χ1v) is 9.10. The molecule has 0 aliphatic carbocycles. The molecule has 0 bridgehead atoms. The molecular weight excluding hydrogens is 332 g/mol. The minimum atomic E-state index is 0.825. The van der Waals surface area contributed by atoms with Gasteiger partial charge in [0.25, 0.3) is 0 Å². The average molecular weight is 345 g/mol. The largest absolute Gasteiger partial charge is 0.135 e. The fourth-order valence-electron chi connectivity index (χ4n) is 3.51. The molecule has 0 aliphatic heterocycles. The Bertz CT molecular complexity index is 1210. The zero-order valence-electron chi connectivity index (χ0n) is 12.8. The molecule has 0 aliphatic rings. The molecule has 0 saturated carbocycles.